The number of benzene rings is 4. The molecule has 0 aliphatic heterocycles. The molecular weight excluding hydrogens is 699 g/mol. The van der Waals surface area contributed by atoms with Gasteiger partial charge in [-0.2, -0.15) is 0 Å². The molecular formula is C37H35N2O2Pt-. The molecule has 0 atom stereocenters. The number of para-hydroxylation sites is 2. The standard InChI is InChI=1S/C37H35N2O2.Pt/c1-22-15-16-38-33-27(22)12-10-13-28(33)23-17-24(19-25(18-23)36(2,3)4)30-20-26(37(5,6)7)21-32-34(30)39-35(41-32)29-11-8-9-14-31(29)40;/h8-16,18-21,40H,1-7H3;/q-1;. The summed E-state index contributed by atoms with van der Waals surface area (Å²) >= 11 is 0. The molecule has 0 amide bonds. The first-order valence-corrected chi connectivity index (χ1v) is 14.1. The minimum atomic E-state index is -0.119. The Morgan fingerprint density at radius 1 is 0.714 bits per heavy atom. The summed E-state index contributed by atoms with van der Waals surface area (Å²) in [5.41, 5.74) is 10.2. The van der Waals surface area contributed by atoms with Crippen molar-refractivity contribution in [2.24, 2.45) is 0 Å². The number of fused-ring (bicyclic) bond motifs is 2. The van der Waals surface area contributed by atoms with Crippen molar-refractivity contribution in [3.05, 3.63) is 102 Å². The average Bonchev–Trinajstić information content (AvgIpc) is 3.36. The van der Waals surface area contributed by atoms with Crippen molar-refractivity contribution in [2.45, 2.75) is 59.3 Å². The predicted octanol–water partition coefficient (Wildman–Crippen LogP) is 9.78. The maximum atomic E-state index is 10.5. The topological polar surface area (TPSA) is 59.2 Å². The summed E-state index contributed by atoms with van der Waals surface area (Å²) in [6.07, 6.45) is 1.88. The number of phenolic OH excluding ortho intramolecular Hbond substituents is 1. The van der Waals surface area contributed by atoms with E-state index in [-0.39, 0.29) is 37.6 Å². The van der Waals surface area contributed by atoms with Crippen molar-refractivity contribution in [1.29, 1.82) is 0 Å². The van der Waals surface area contributed by atoms with Gasteiger partial charge in [-0.1, -0.05) is 89.1 Å². The van der Waals surface area contributed by atoms with E-state index in [0.717, 1.165) is 44.2 Å². The average molecular weight is 735 g/mol. The first-order chi connectivity index (χ1) is 19.4. The van der Waals surface area contributed by atoms with Crippen molar-refractivity contribution < 1.29 is 30.6 Å². The van der Waals surface area contributed by atoms with Crippen LogP contribution >= 0.6 is 0 Å². The zero-order valence-electron chi connectivity index (χ0n) is 25.1. The third-order valence-electron chi connectivity index (χ3n) is 7.80. The largest absolute Gasteiger partial charge is 0.507 e. The zero-order chi connectivity index (χ0) is 29.1. The molecule has 2 heterocycles. The normalized spacial score (nSPS) is 12.1. The number of pyridine rings is 1. The van der Waals surface area contributed by atoms with E-state index >= 15 is 0 Å². The molecule has 6 aromatic rings. The van der Waals surface area contributed by atoms with Gasteiger partial charge in [0.05, 0.1) is 11.1 Å². The third-order valence-corrected chi connectivity index (χ3v) is 7.80. The van der Waals surface area contributed by atoms with E-state index in [4.69, 9.17) is 14.4 Å². The van der Waals surface area contributed by atoms with Crippen LogP contribution < -0.4 is 0 Å². The Labute approximate surface area is 262 Å². The monoisotopic (exact) mass is 734 g/mol. The van der Waals surface area contributed by atoms with Crippen LogP contribution in [0.3, 0.4) is 0 Å². The van der Waals surface area contributed by atoms with E-state index < -0.39 is 0 Å². The summed E-state index contributed by atoms with van der Waals surface area (Å²) in [4.78, 5) is 9.72. The number of hydrogen-bond acceptors (Lipinski definition) is 4. The third kappa shape index (κ3) is 5.41. The fraction of sp³-hybridized carbons (Fsp3) is 0.243. The van der Waals surface area contributed by atoms with Gasteiger partial charge in [0, 0.05) is 32.8 Å². The van der Waals surface area contributed by atoms with Gasteiger partial charge < -0.3 is 9.52 Å². The minimum absolute atomic E-state index is 0. The molecule has 42 heavy (non-hydrogen) atoms. The Hall–Kier alpha value is -3.75. The minimum Gasteiger partial charge on any atom is -0.507 e. The zero-order valence-corrected chi connectivity index (χ0v) is 27.3. The van der Waals surface area contributed by atoms with Crippen molar-refractivity contribution in [3.8, 4) is 39.5 Å². The second kappa shape index (κ2) is 10.8. The molecule has 0 aliphatic rings. The first kappa shape index (κ1) is 29.7. The van der Waals surface area contributed by atoms with Gasteiger partial charge in [0.1, 0.15) is 11.3 Å². The number of nitrogens with zero attached hydrogens (tertiary/aromatic N) is 2. The number of aromatic nitrogens is 2. The Bertz CT molecular complexity index is 1940. The molecule has 4 aromatic carbocycles. The van der Waals surface area contributed by atoms with Crippen LogP contribution in [0.25, 0.3) is 55.7 Å². The van der Waals surface area contributed by atoms with Crippen LogP contribution in [0.5, 0.6) is 5.75 Å². The Morgan fingerprint density at radius 2 is 1.36 bits per heavy atom. The van der Waals surface area contributed by atoms with E-state index in [1.54, 1.807) is 12.1 Å². The maximum absolute atomic E-state index is 10.5. The Morgan fingerprint density at radius 3 is 2.05 bits per heavy atom. The summed E-state index contributed by atoms with van der Waals surface area (Å²) in [6.45, 7) is 15.4. The van der Waals surface area contributed by atoms with Crippen LogP contribution in [0, 0.1) is 13.0 Å². The SMILES string of the molecule is Cc1ccnc2c(-c3[c-]c(-c4cc(C(C)(C)C)cc5oc(-c6ccccc6O)nc45)cc(C(C)(C)C)c3)cccc12.[Pt]. The maximum Gasteiger partial charge on any atom is 0.230 e. The van der Waals surface area contributed by atoms with E-state index in [0.29, 0.717) is 17.0 Å². The number of oxazole rings is 1. The van der Waals surface area contributed by atoms with Crippen molar-refractivity contribution in [2.75, 3.05) is 0 Å². The molecule has 0 spiro atoms. The second-order valence-corrected chi connectivity index (χ2v) is 12.9. The van der Waals surface area contributed by atoms with Gasteiger partial charge in [-0.05, 0) is 58.5 Å². The summed E-state index contributed by atoms with van der Waals surface area (Å²) in [5.74, 6) is 0.533. The van der Waals surface area contributed by atoms with Crippen molar-refractivity contribution >= 4 is 22.0 Å². The van der Waals surface area contributed by atoms with Gasteiger partial charge in [0.2, 0.25) is 5.89 Å². The smallest absolute Gasteiger partial charge is 0.230 e. The number of aryl methyl sites for hydroxylation is 1. The van der Waals surface area contributed by atoms with Crippen LogP contribution in [-0.2, 0) is 31.9 Å². The van der Waals surface area contributed by atoms with E-state index in [1.165, 1.54) is 11.1 Å². The molecule has 5 heteroatoms. The molecule has 0 fully saturated rings. The molecule has 216 valence electrons. The van der Waals surface area contributed by atoms with E-state index in [9.17, 15) is 5.11 Å². The number of aromatic hydroxyl groups is 1. The van der Waals surface area contributed by atoms with Gasteiger partial charge in [0.25, 0.3) is 0 Å². The number of rotatable bonds is 3. The van der Waals surface area contributed by atoms with Crippen LogP contribution in [0.15, 0.2) is 83.4 Å². The van der Waals surface area contributed by atoms with Crippen LogP contribution in [0.1, 0.15) is 58.2 Å². The molecule has 0 saturated carbocycles. The number of hydrogen-bond donors (Lipinski definition) is 1. The van der Waals surface area contributed by atoms with Gasteiger partial charge in [-0.3, -0.25) is 4.98 Å². The first-order valence-electron chi connectivity index (χ1n) is 14.1. The molecule has 4 nitrogen and oxygen atoms in total. The van der Waals surface area contributed by atoms with Gasteiger partial charge >= 0.3 is 0 Å². The van der Waals surface area contributed by atoms with Gasteiger partial charge in [-0.25, -0.2) is 4.98 Å². The molecule has 0 bridgehead atoms. The van der Waals surface area contributed by atoms with Crippen LogP contribution in [0.4, 0.5) is 0 Å². The summed E-state index contributed by atoms with van der Waals surface area (Å²) in [5, 5.41) is 11.7. The molecule has 2 aromatic heterocycles. The number of phenols is 1. The van der Waals surface area contributed by atoms with E-state index in [2.05, 4.69) is 97.0 Å². The summed E-state index contributed by atoms with van der Waals surface area (Å²) in [6, 6.07) is 28.1. The Kier molecular flexibility index (Phi) is 7.66. The molecule has 0 aliphatic carbocycles. The Balaban J connectivity index is 0.00000353. The molecule has 0 unspecified atom stereocenters. The van der Waals surface area contributed by atoms with E-state index in [1.807, 2.05) is 24.4 Å². The molecule has 1 N–H and O–H groups in total. The van der Waals surface area contributed by atoms with Crippen molar-refractivity contribution in [3.63, 3.8) is 0 Å². The fourth-order valence-electron chi connectivity index (χ4n) is 5.26. The molecule has 0 radical (unpaired) electrons. The van der Waals surface area contributed by atoms with Crippen molar-refractivity contribution in [1.82, 2.24) is 9.97 Å². The van der Waals surface area contributed by atoms with Gasteiger partial charge in [-0.15, -0.1) is 34.9 Å². The second-order valence-electron chi connectivity index (χ2n) is 12.9. The predicted molar refractivity (Wildman–Crippen MR) is 168 cm³/mol. The van der Waals surface area contributed by atoms with Crippen LogP contribution in [-0.4, -0.2) is 15.1 Å². The van der Waals surface area contributed by atoms with Gasteiger partial charge in [0.15, 0.2) is 0 Å². The summed E-state index contributed by atoms with van der Waals surface area (Å²) in [7, 11) is 0. The molecule has 0 saturated heterocycles. The summed E-state index contributed by atoms with van der Waals surface area (Å²) < 4.78 is 6.32. The van der Waals surface area contributed by atoms with Crippen LogP contribution in [0.2, 0.25) is 0 Å². The fourth-order valence-corrected chi connectivity index (χ4v) is 5.26. The quantitative estimate of drug-likeness (QED) is 0.184. The molecule has 6 rings (SSSR count).